The number of pyridine rings is 1. The summed E-state index contributed by atoms with van der Waals surface area (Å²) in [5.41, 5.74) is 7.68. The Balaban J connectivity index is 1.72. The summed E-state index contributed by atoms with van der Waals surface area (Å²) < 4.78 is 0. The second-order valence-electron chi connectivity index (χ2n) is 5.99. The van der Waals surface area contributed by atoms with E-state index in [-0.39, 0.29) is 5.91 Å². The summed E-state index contributed by atoms with van der Waals surface area (Å²) >= 11 is 0. The van der Waals surface area contributed by atoms with E-state index in [4.69, 9.17) is 5.73 Å². The minimum absolute atomic E-state index is 0.147. The minimum atomic E-state index is 0.147. The molecule has 1 saturated heterocycles. The highest BCUT2D eigenvalue weighted by atomic mass is 16.2. The highest BCUT2D eigenvalue weighted by Crippen LogP contribution is 2.36. The van der Waals surface area contributed by atoms with Crippen LogP contribution in [0.5, 0.6) is 0 Å². The minimum Gasteiger partial charge on any atom is -0.338 e. The molecule has 1 unspecified atom stereocenters. The first-order chi connectivity index (χ1) is 9.13. The van der Waals surface area contributed by atoms with Crippen LogP contribution < -0.4 is 5.73 Å². The van der Waals surface area contributed by atoms with Gasteiger partial charge in [-0.1, -0.05) is 0 Å². The van der Waals surface area contributed by atoms with E-state index in [9.17, 15) is 4.79 Å². The molecule has 4 nitrogen and oxygen atoms in total. The molecule has 1 aliphatic heterocycles. The summed E-state index contributed by atoms with van der Waals surface area (Å²) in [4.78, 5) is 18.6. The molecule has 3 rings (SSSR count). The van der Waals surface area contributed by atoms with Gasteiger partial charge in [0.1, 0.15) is 0 Å². The van der Waals surface area contributed by atoms with E-state index in [1.807, 2.05) is 24.0 Å². The summed E-state index contributed by atoms with van der Waals surface area (Å²) in [7, 11) is 0. The zero-order valence-corrected chi connectivity index (χ0v) is 11.4. The molecule has 19 heavy (non-hydrogen) atoms. The molecule has 2 fully saturated rings. The molecular weight excluding hydrogens is 238 g/mol. The van der Waals surface area contributed by atoms with Crippen LogP contribution >= 0.6 is 0 Å². The predicted molar refractivity (Wildman–Crippen MR) is 73.7 cm³/mol. The van der Waals surface area contributed by atoms with Gasteiger partial charge in [0.05, 0.1) is 0 Å². The third-order valence-corrected chi connectivity index (χ3v) is 4.52. The van der Waals surface area contributed by atoms with E-state index in [1.54, 1.807) is 6.20 Å². The number of rotatable bonds is 1. The number of aromatic nitrogens is 1. The average Bonchev–Trinajstić information content (AvgIpc) is 2.80. The third-order valence-electron chi connectivity index (χ3n) is 4.52. The zero-order chi connectivity index (χ0) is 13.4. The Bertz CT molecular complexity index is 488. The molecule has 0 bridgehead atoms. The van der Waals surface area contributed by atoms with Crippen molar-refractivity contribution in [3.63, 3.8) is 0 Å². The summed E-state index contributed by atoms with van der Waals surface area (Å²) in [6, 6.07) is 4.01. The molecule has 3 atom stereocenters. The summed E-state index contributed by atoms with van der Waals surface area (Å²) in [5, 5.41) is 0. The lowest BCUT2D eigenvalue weighted by atomic mass is 9.79. The number of nitrogens with two attached hydrogens (primary N) is 1. The summed E-state index contributed by atoms with van der Waals surface area (Å²) in [5.74, 6) is 1.41. The first-order valence-corrected chi connectivity index (χ1v) is 7.11. The molecule has 1 aromatic rings. The van der Waals surface area contributed by atoms with Crippen LogP contribution in [0.15, 0.2) is 18.3 Å². The van der Waals surface area contributed by atoms with Crippen LogP contribution in [-0.4, -0.2) is 34.9 Å². The van der Waals surface area contributed by atoms with Crippen molar-refractivity contribution in [3.05, 3.63) is 29.6 Å². The van der Waals surface area contributed by atoms with Gasteiger partial charge in [0.2, 0.25) is 0 Å². The highest BCUT2D eigenvalue weighted by molar-refractivity contribution is 5.94. The maximum atomic E-state index is 12.5. The lowest BCUT2D eigenvalue weighted by Gasteiger charge is -2.27. The van der Waals surface area contributed by atoms with Gasteiger partial charge >= 0.3 is 0 Å². The van der Waals surface area contributed by atoms with Crippen molar-refractivity contribution in [1.29, 1.82) is 0 Å². The second-order valence-corrected chi connectivity index (χ2v) is 5.99. The van der Waals surface area contributed by atoms with E-state index >= 15 is 0 Å². The highest BCUT2D eigenvalue weighted by Gasteiger charge is 2.38. The normalized spacial score (nSPS) is 30.2. The van der Waals surface area contributed by atoms with E-state index in [1.165, 1.54) is 6.42 Å². The number of likely N-dealkylation sites (tertiary alicyclic amines) is 1. The third kappa shape index (κ3) is 2.50. The molecule has 2 aliphatic rings. The molecule has 0 spiro atoms. The number of amides is 1. The average molecular weight is 259 g/mol. The van der Waals surface area contributed by atoms with Crippen molar-refractivity contribution >= 4 is 5.91 Å². The van der Waals surface area contributed by atoms with Gasteiger partial charge < -0.3 is 10.6 Å². The SMILES string of the molecule is Cc1cc(C(=O)N2C[C@H]3CCC(N)C[C@H]3C2)ccn1. The number of fused-ring (bicyclic) bond motifs is 1. The van der Waals surface area contributed by atoms with Gasteiger partial charge in [0.25, 0.3) is 5.91 Å². The first kappa shape index (κ1) is 12.6. The summed E-state index contributed by atoms with van der Waals surface area (Å²) in [6.45, 7) is 3.69. The smallest absolute Gasteiger partial charge is 0.253 e. The Labute approximate surface area is 114 Å². The fourth-order valence-electron chi connectivity index (χ4n) is 3.49. The van der Waals surface area contributed by atoms with E-state index < -0.39 is 0 Å². The maximum Gasteiger partial charge on any atom is 0.253 e. The van der Waals surface area contributed by atoms with Crippen LogP contribution in [0.25, 0.3) is 0 Å². The van der Waals surface area contributed by atoms with Crippen molar-refractivity contribution in [3.8, 4) is 0 Å². The maximum absolute atomic E-state index is 12.5. The Kier molecular flexibility index (Phi) is 3.27. The molecular formula is C15H21N3O. The van der Waals surface area contributed by atoms with Gasteiger partial charge in [-0.15, -0.1) is 0 Å². The molecule has 0 radical (unpaired) electrons. The molecule has 2 N–H and O–H groups in total. The van der Waals surface area contributed by atoms with Crippen molar-refractivity contribution < 1.29 is 4.79 Å². The summed E-state index contributed by atoms with van der Waals surface area (Å²) in [6.07, 6.45) is 5.06. The van der Waals surface area contributed by atoms with Crippen LogP contribution in [-0.2, 0) is 0 Å². The van der Waals surface area contributed by atoms with Crippen molar-refractivity contribution in [2.45, 2.75) is 32.2 Å². The van der Waals surface area contributed by atoms with Gasteiger partial charge in [-0.3, -0.25) is 9.78 Å². The predicted octanol–water partition coefficient (Wildman–Crippen LogP) is 1.59. The lowest BCUT2D eigenvalue weighted by molar-refractivity contribution is 0.0783. The van der Waals surface area contributed by atoms with Crippen molar-refractivity contribution in [2.75, 3.05) is 13.1 Å². The molecule has 1 aliphatic carbocycles. The van der Waals surface area contributed by atoms with Crippen LogP contribution in [0, 0.1) is 18.8 Å². The molecule has 1 amide bonds. The van der Waals surface area contributed by atoms with Gasteiger partial charge in [-0.25, -0.2) is 0 Å². The van der Waals surface area contributed by atoms with Crippen LogP contribution in [0.3, 0.4) is 0 Å². The van der Waals surface area contributed by atoms with Gasteiger partial charge in [-0.2, -0.15) is 0 Å². The largest absolute Gasteiger partial charge is 0.338 e. The fourth-order valence-corrected chi connectivity index (χ4v) is 3.49. The van der Waals surface area contributed by atoms with E-state index in [0.29, 0.717) is 17.9 Å². The Morgan fingerprint density at radius 2 is 2.16 bits per heavy atom. The number of nitrogens with zero attached hydrogens (tertiary/aromatic N) is 2. The van der Waals surface area contributed by atoms with Crippen molar-refractivity contribution in [2.24, 2.45) is 17.6 Å². The number of hydrogen-bond donors (Lipinski definition) is 1. The van der Waals surface area contributed by atoms with Gasteiger partial charge in [0.15, 0.2) is 0 Å². The standard InChI is InChI=1S/C15H21N3O/c1-10-6-11(4-5-17-10)15(19)18-8-12-2-3-14(16)7-13(12)9-18/h4-6,12-14H,2-3,7-9,16H2,1H3/t12-,13+,14?/m1/s1. The Morgan fingerprint density at radius 1 is 1.37 bits per heavy atom. The second kappa shape index (κ2) is 4.93. The van der Waals surface area contributed by atoms with Crippen LogP contribution in [0.4, 0.5) is 0 Å². The topological polar surface area (TPSA) is 59.2 Å². The van der Waals surface area contributed by atoms with Gasteiger partial charge in [0, 0.05) is 36.6 Å². The molecule has 4 heteroatoms. The Morgan fingerprint density at radius 3 is 2.95 bits per heavy atom. The zero-order valence-electron chi connectivity index (χ0n) is 11.4. The Hall–Kier alpha value is -1.42. The molecule has 102 valence electrons. The monoisotopic (exact) mass is 259 g/mol. The molecule has 0 aromatic carbocycles. The van der Waals surface area contributed by atoms with Crippen LogP contribution in [0.1, 0.15) is 35.3 Å². The van der Waals surface area contributed by atoms with Crippen molar-refractivity contribution in [1.82, 2.24) is 9.88 Å². The molecule has 2 heterocycles. The van der Waals surface area contributed by atoms with Gasteiger partial charge in [-0.05, 0) is 50.2 Å². The van der Waals surface area contributed by atoms with Crippen LogP contribution in [0.2, 0.25) is 0 Å². The quantitative estimate of drug-likeness (QED) is 0.833. The number of hydrogen-bond acceptors (Lipinski definition) is 3. The molecule has 1 aromatic heterocycles. The number of carbonyl (C=O) groups is 1. The van der Waals surface area contributed by atoms with E-state index in [0.717, 1.165) is 37.2 Å². The number of aryl methyl sites for hydroxylation is 1. The first-order valence-electron chi connectivity index (χ1n) is 7.11. The lowest BCUT2D eigenvalue weighted by Crippen LogP contribution is -2.32. The van der Waals surface area contributed by atoms with E-state index in [2.05, 4.69) is 4.98 Å². The number of carbonyl (C=O) groups excluding carboxylic acids is 1. The fraction of sp³-hybridized carbons (Fsp3) is 0.600. The molecule has 1 saturated carbocycles.